The molecule has 0 radical (unpaired) electrons. The van der Waals surface area contributed by atoms with Crippen molar-refractivity contribution in [2.45, 2.75) is 31.9 Å². The van der Waals surface area contributed by atoms with Crippen LogP contribution in [-0.4, -0.2) is 31.0 Å². The van der Waals surface area contributed by atoms with E-state index >= 15 is 0 Å². The Bertz CT molecular complexity index is 1110. The molecule has 7 heteroatoms. The van der Waals surface area contributed by atoms with Crippen LogP contribution in [0.2, 0.25) is 0 Å². The topological polar surface area (TPSA) is 58.9 Å². The lowest BCUT2D eigenvalue weighted by atomic mass is 9.83. The first-order valence-electron chi connectivity index (χ1n) is 9.23. The predicted molar refractivity (Wildman–Crippen MR) is 98.9 cm³/mol. The first kappa shape index (κ1) is 16.4. The standard InChI is InChI=1S/C20H19F2N5/c21-7-16(22)17-10-24-19-5-4-13(11-27(17)19)14-8-25-20-15(14)9-23-18(26-20)6-12-2-1-3-12/h4-5,8-12,16H,1-3,6-7H2,(H,23,25,26). The van der Waals surface area contributed by atoms with E-state index in [1.165, 1.54) is 25.5 Å². The van der Waals surface area contributed by atoms with Crippen LogP contribution in [0.25, 0.3) is 27.8 Å². The van der Waals surface area contributed by atoms with Crippen LogP contribution in [0.5, 0.6) is 0 Å². The molecule has 1 N–H and O–H groups in total. The Labute approximate surface area is 154 Å². The second-order valence-corrected chi connectivity index (χ2v) is 7.20. The maximum Gasteiger partial charge on any atom is 0.170 e. The number of alkyl halides is 2. The van der Waals surface area contributed by atoms with Crippen molar-refractivity contribution in [3.05, 3.63) is 48.4 Å². The predicted octanol–water partition coefficient (Wildman–Crippen LogP) is 4.60. The van der Waals surface area contributed by atoms with Crippen LogP contribution in [0.15, 0.2) is 36.9 Å². The van der Waals surface area contributed by atoms with E-state index in [4.69, 9.17) is 0 Å². The normalized spacial score (nSPS) is 16.1. The SMILES string of the molecule is FCC(F)c1cnc2ccc(-c3c[nH]c4nc(CC5CCC5)ncc34)cn12. The van der Waals surface area contributed by atoms with Crippen molar-refractivity contribution in [1.82, 2.24) is 24.3 Å². The number of aromatic nitrogens is 5. The van der Waals surface area contributed by atoms with Gasteiger partial charge in [0.05, 0.1) is 11.9 Å². The molecule has 5 nitrogen and oxygen atoms in total. The van der Waals surface area contributed by atoms with Gasteiger partial charge in [-0.1, -0.05) is 19.3 Å². The number of hydrogen-bond donors (Lipinski definition) is 1. The van der Waals surface area contributed by atoms with Crippen molar-refractivity contribution in [2.24, 2.45) is 5.92 Å². The molecule has 0 saturated heterocycles. The fraction of sp³-hybridized carbons (Fsp3) is 0.350. The summed E-state index contributed by atoms with van der Waals surface area (Å²) in [6.45, 7) is -1.07. The number of rotatable bonds is 5. The molecule has 4 aromatic heterocycles. The summed E-state index contributed by atoms with van der Waals surface area (Å²) in [7, 11) is 0. The third-order valence-electron chi connectivity index (χ3n) is 5.48. The number of pyridine rings is 1. The van der Waals surface area contributed by atoms with E-state index < -0.39 is 12.8 Å². The fourth-order valence-electron chi connectivity index (χ4n) is 3.71. The van der Waals surface area contributed by atoms with Crippen molar-refractivity contribution in [3.63, 3.8) is 0 Å². The Morgan fingerprint density at radius 3 is 2.89 bits per heavy atom. The first-order valence-corrected chi connectivity index (χ1v) is 9.23. The van der Waals surface area contributed by atoms with Crippen molar-refractivity contribution < 1.29 is 8.78 Å². The number of aromatic amines is 1. The maximum atomic E-state index is 13.9. The molecule has 1 fully saturated rings. The molecule has 0 bridgehead atoms. The molecule has 1 saturated carbocycles. The van der Waals surface area contributed by atoms with Gasteiger partial charge in [-0.2, -0.15) is 0 Å². The van der Waals surface area contributed by atoms with Crippen LogP contribution in [0.4, 0.5) is 8.78 Å². The molecule has 1 aliphatic rings. The third-order valence-corrected chi connectivity index (χ3v) is 5.48. The van der Waals surface area contributed by atoms with Crippen LogP contribution >= 0.6 is 0 Å². The van der Waals surface area contributed by atoms with Crippen molar-refractivity contribution in [2.75, 3.05) is 6.67 Å². The maximum absolute atomic E-state index is 13.9. The molecule has 4 heterocycles. The molecular weight excluding hydrogens is 348 g/mol. The number of fused-ring (bicyclic) bond motifs is 2. The fourth-order valence-corrected chi connectivity index (χ4v) is 3.71. The van der Waals surface area contributed by atoms with E-state index in [1.54, 1.807) is 16.7 Å². The average molecular weight is 367 g/mol. The number of hydrogen-bond acceptors (Lipinski definition) is 3. The molecule has 1 atom stereocenters. The van der Waals surface area contributed by atoms with E-state index in [0.717, 1.165) is 34.4 Å². The van der Waals surface area contributed by atoms with Gasteiger partial charge < -0.3 is 9.38 Å². The van der Waals surface area contributed by atoms with Crippen molar-refractivity contribution in [3.8, 4) is 11.1 Å². The second-order valence-electron chi connectivity index (χ2n) is 7.20. The number of imidazole rings is 1. The minimum absolute atomic E-state index is 0.216. The van der Waals surface area contributed by atoms with Crippen LogP contribution in [0.1, 0.15) is 37.0 Å². The van der Waals surface area contributed by atoms with Gasteiger partial charge >= 0.3 is 0 Å². The van der Waals surface area contributed by atoms with E-state index in [0.29, 0.717) is 11.6 Å². The molecule has 1 aliphatic carbocycles. The highest BCUT2D eigenvalue weighted by Crippen LogP contribution is 2.31. The van der Waals surface area contributed by atoms with Crippen molar-refractivity contribution >= 4 is 16.7 Å². The molecule has 27 heavy (non-hydrogen) atoms. The molecule has 5 rings (SSSR count). The Morgan fingerprint density at radius 2 is 2.11 bits per heavy atom. The number of H-pyrrole nitrogens is 1. The zero-order chi connectivity index (χ0) is 18.4. The summed E-state index contributed by atoms with van der Waals surface area (Å²) in [5.41, 5.74) is 3.40. The Morgan fingerprint density at radius 1 is 1.22 bits per heavy atom. The van der Waals surface area contributed by atoms with Gasteiger partial charge in [0.15, 0.2) is 6.17 Å². The largest absolute Gasteiger partial charge is 0.345 e. The molecule has 0 spiro atoms. The lowest BCUT2D eigenvalue weighted by Gasteiger charge is -2.24. The average Bonchev–Trinajstić information content (AvgIpc) is 3.27. The monoisotopic (exact) mass is 367 g/mol. The number of nitrogens with zero attached hydrogens (tertiary/aromatic N) is 4. The van der Waals surface area contributed by atoms with E-state index in [9.17, 15) is 8.78 Å². The van der Waals surface area contributed by atoms with Gasteiger partial charge in [0, 0.05) is 41.5 Å². The number of halogens is 2. The molecule has 0 aromatic carbocycles. The molecule has 0 aliphatic heterocycles. The van der Waals surface area contributed by atoms with Gasteiger partial charge in [-0.15, -0.1) is 0 Å². The summed E-state index contributed by atoms with van der Waals surface area (Å²) in [6, 6.07) is 3.72. The zero-order valence-electron chi connectivity index (χ0n) is 14.7. The summed E-state index contributed by atoms with van der Waals surface area (Å²) in [4.78, 5) is 16.6. The van der Waals surface area contributed by atoms with Gasteiger partial charge in [-0.25, -0.2) is 23.7 Å². The summed E-state index contributed by atoms with van der Waals surface area (Å²) in [6.07, 6.45) is 9.97. The third kappa shape index (κ3) is 2.78. The van der Waals surface area contributed by atoms with Gasteiger partial charge in [0.2, 0.25) is 0 Å². The van der Waals surface area contributed by atoms with E-state index in [1.807, 2.05) is 18.5 Å². The summed E-state index contributed by atoms with van der Waals surface area (Å²) >= 11 is 0. The van der Waals surface area contributed by atoms with E-state index in [-0.39, 0.29) is 5.69 Å². The lowest BCUT2D eigenvalue weighted by molar-refractivity contribution is 0.259. The molecular formula is C20H19F2N5. The quantitative estimate of drug-likeness (QED) is 0.561. The summed E-state index contributed by atoms with van der Waals surface area (Å²) < 4.78 is 28.3. The van der Waals surface area contributed by atoms with Crippen LogP contribution in [0, 0.1) is 5.92 Å². The van der Waals surface area contributed by atoms with Gasteiger partial charge in [-0.3, -0.25) is 0 Å². The van der Waals surface area contributed by atoms with Gasteiger partial charge in [0.25, 0.3) is 0 Å². The Kier molecular flexibility index (Phi) is 3.88. The molecule has 0 amide bonds. The van der Waals surface area contributed by atoms with E-state index in [2.05, 4.69) is 19.9 Å². The molecule has 1 unspecified atom stereocenters. The first-order chi connectivity index (χ1) is 13.2. The Hall–Kier alpha value is -2.83. The summed E-state index contributed by atoms with van der Waals surface area (Å²) in [5.74, 6) is 1.58. The molecule has 4 aromatic rings. The Balaban J connectivity index is 1.54. The highest BCUT2D eigenvalue weighted by Gasteiger charge is 2.20. The zero-order valence-corrected chi connectivity index (χ0v) is 14.7. The van der Waals surface area contributed by atoms with Gasteiger partial charge in [0.1, 0.15) is 23.8 Å². The van der Waals surface area contributed by atoms with Crippen LogP contribution < -0.4 is 0 Å². The summed E-state index contributed by atoms with van der Waals surface area (Å²) in [5, 5.41) is 0.913. The highest BCUT2D eigenvalue weighted by molar-refractivity contribution is 5.93. The highest BCUT2D eigenvalue weighted by atomic mass is 19.2. The molecule has 138 valence electrons. The van der Waals surface area contributed by atoms with Crippen LogP contribution in [0.3, 0.4) is 0 Å². The number of nitrogens with one attached hydrogen (secondary N) is 1. The van der Waals surface area contributed by atoms with Crippen molar-refractivity contribution in [1.29, 1.82) is 0 Å². The lowest BCUT2D eigenvalue weighted by Crippen LogP contribution is -2.15. The smallest absolute Gasteiger partial charge is 0.170 e. The van der Waals surface area contributed by atoms with Gasteiger partial charge in [-0.05, 0) is 18.1 Å². The van der Waals surface area contributed by atoms with Crippen LogP contribution in [-0.2, 0) is 6.42 Å². The minimum atomic E-state index is -1.68. The minimum Gasteiger partial charge on any atom is -0.345 e. The second kappa shape index (κ2) is 6.40.